The van der Waals surface area contributed by atoms with Crippen molar-refractivity contribution >= 4 is 23.3 Å². The molecule has 0 aliphatic carbocycles. The van der Waals surface area contributed by atoms with E-state index >= 15 is 0 Å². The Hall–Kier alpha value is -2.96. The van der Waals surface area contributed by atoms with Crippen LogP contribution in [0.4, 0.5) is 5.69 Å². The molecule has 1 fully saturated rings. The highest BCUT2D eigenvalue weighted by molar-refractivity contribution is 6.01. The molecule has 2 heterocycles. The summed E-state index contributed by atoms with van der Waals surface area (Å²) in [6, 6.07) is 14.0. The number of hydrogen-bond acceptors (Lipinski definition) is 6. The van der Waals surface area contributed by atoms with E-state index in [4.69, 9.17) is 9.84 Å². The fourth-order valence-corrected chi connectivity index (χ4v) is 4.45. The van der Waals surface area contributed by atoms with Gasteiger partial charge < -0.3 is 20.1 Å². The molecule has 1 spiro atoms. The van der Waals surface area contributed by atoms with Gasteiger partial charge >= 0.3 is 0 Å². The lowest BCUT2D eigenvalue weighted by molar-refractivity contribution is -0.117. The molecule has 2 aliphatic rings. The Morgan fingerprint density at radius 1 is 1.19 bits per heavy atom. The summed E-state index contributed by atoms with van der Waals surface area (Å²) in [4.78, 5) is 26.7. The lowest BCUT2D eigenvalue weighted by Gasteiger charge is -2.44. The molecule has 4 rings (SSSR count). The highest BCUT2D eigenvalue weighted by Gasteiger charge is 2.42. The van der Waals surface area contributed by atoms with Crippen LogP contribution >= 0.6 is 0 Å². The average molecular weight is 435 g/mol. The molecule has 2 N–H and O–H groups in total. The van der Waals surface area contributed by atoms with Crippen LogP contribution < -0.4 is 10.1 Å². The first kappa shape index (κ1) is 22.2. The number of aliphatic hydroxyl groups is 1. The molecule has 2 aromatic rings. The number of aliphatic hydroxyl groups excluding tert-OH is 1. The normalized spacial score (nSPS) is 17.9. The number of anilines is 1. The monoisotopic (exact) mass is 434 g/mol. The topological polar surface area (TPSA) is 78.9 Å². The number of benzene rings is 2. The van der Waals surface area contributed by atoms with Crippen LogP contribution in [0.5, 0.6) is 5.75 Å². The number of piperidine rings is 1. The first-order valence-electron chi connectivity index (χ1n) is 11.2. The van der Waals surface area contributed by atoms with E-state index in [1.807, 2.05) is 19.2 Å². The van der Waals surface area contributed by atoms with Gasteiger partial charge in [-0.05, 0) is 47.9 Å². The van der Waals surface area contributed by atoms with Crippen LogP contribution in [0, 0.1) is 0 Å². The predicted octanol–water partition coefficient (Wildman–Crippen LogP) is 3.35. The maximum Gasteiger partial charge on any atom is 0.181 e. The number of hydrogen-bond donors (Lipinski definition) is 2. The number of rotatable bonds is 7. The minimum Gasteiger partial charge on any atom is -0.486 e. The number of fused-ring (bicyclic) bond motifs is 1. The minimum atomic E-state index is -0.522. The van der Waals surface area contributed by atoms with Gasteiger partial charge in [0.25, 0.3) is 0 Å². The Labute approximate surface area is 188 Å². The van der Waals surface area contributed by atoms with E-state index in [1.54, 1.807) is 12.1 Å². The maximum absolute atomic E-state index is 12.9. The second-order valence-electron chi connectivity index (χ2n) is 8.64. The fraction of sp³-hybridized carbons (Fsp3) is 0.385. The number of Topliss-reactive ketones (excluding diaryl/α,β-unsaturated/α-hetero) is 1. The van der Waals surface area contributed by atoms with Gasteiger partial charge in [0.05, 0.1) is 12.0 Å². The van der Waals surface area contributed by atoms with E-state index in [-0.39, 0.29) is 11.6 Å². The smallest absolute Gasteiger partial charge is 0.181 e. The molecule has 0 saturated carbocycles. The Morgan fingerprint density at radius 3 is 2.62 bits per heavy atom. The van der Waals surface area contributed by atoms with Gasteiger partial charge in [-0.2, -0.15) is 0 Å². The summed E-state index contributed by atoms with van der Waals surface area (Å²) in [5.41, 5.74) is 3.35. The summed E-state index contributed by atoms with van der Waals surface area (Å²) in [5, 5.41) is 12.0. The molecule has 0 radical (unpaired) electrons. The van der Waals surface area contributed by atoms with Gasteiger partial charge in [-0.15, -0.1) is 0 Å². The average Bonchev–Trinajstić information content (AvgIpc) is 2.82. The van der Waals surface area contributed by atoms with Crippen molar-refractivity contribution in [2.75, 3.05) is 38.6 Å². The minimum absolute atomic E-state index is 0.0908. The molecule has 32 heavy (non-hydrogen) atoms. The Balaban J connectivity index is 1.35. The molecule has 0 unspecified atom stereocenters. The van der Waals surface area contributed by atoms with Crippen LogP contribution in [0.25, 0.3) is 6.08 Å². The van der Waals surface area contributed by atoms with E-state index in [9.17, 15) is 9.59 Å². The molecular formula is C26H30N2O4. The van der Waals surface area contributed by atoms with Crippen molar-refractivity contribution in [2.24, 2.45) is 0 Å². The van der Waals surface area contributed by atoms with Crippen LogP contribution in [-0.4, -0.2) is 60.5 Å². The second kappa shape index (κ2) is 9.67. The first-order chi connectivity index (χ1) is 15.5. The quantitative estimate of drug-likeness (QED) is 0.651. The van der Waals surface area contributed by atoms with Crippen molar-refractivity contribution in [2.45, 2.75) is 31.3 Å². The highest BCUT2D eigenvalue weighted by Crippen LogP contribution is 2.39. The molecule has 6 heteroatoms. The van der Waals surface area contributed by atoms with Crippen LogP contribution in [0.3, 0.4) is 0 Å². The van der Waals surface area contributed by atoms with E-state index in [0.717, 1.165) is 50.1 Å². The summed E-state index contributed by atoms with van der Waals surface area (Å²) in [6.07, 6.45) is 6.01. The van der Waals surface area contributed by atoms with E-state index in [1.165, 1.54) is 11.6 Å². The number of ether oxygens (including phenoxy) is 1. The molecule has 2 aromatic carbocycles. The third-order valence-electron chi connectivity index (χ3n) is 6.46. The number of nitrogens with zero attached hydrogens (tertiary/aromatic N) is 1. The summed E-state index contributed by atoms with van der Waals surface area (Å²) in [7, 11) is 1.92. The zero-order valence-electron chi connectivity index (χ0n) is 18.5. The Morgan fingerprint density at radius 2 is 1.94 bits per heavy atom. The zero-order chi connectivity index (χ0) is 22.6. The molecule has 168 valence electrons. The zero-order valence-corrected chi connectivity index (χ0v) is 18.5. The number of nitrogens with one attached hydrogen (secondary N) is 1. The summed E-state index contributed by atoms with van der Waals surface area (Å²) < 4.78 is 6.38. The van der Waals surface area contributed by atoms with Gasteiger partial charge in [-0.25, -0.2) is 0 Å². The highest BCUT2D eigenvalue weighted by atomic mass is 16.5. The lowest BCUT2D eigenvalue weighted by Crippen LogP contribution is -2.51. The number of likely N-dealkylation sites (tertiary alicyclic amines) is 1. The van der Waals surface area contributed by atoms with Gasteiger partial charge in [0.1, 0.15) is 18.0 Å². The van der Waals surface area contributed by atoms with Gasteiger partial charge in [0.2, 0.25) is 0 Å². The molecule has 0 aromatic heterocycles. The van der Waals surface area contributed by atoms with Crippen molar-refractivity contribution < 1.29 is 19.4 Å². The van der Waals surface area contributed by atoms with Crippen molar-refractivity contribution in [1.29, 1.82) is 0 Å². The number of ketones is 2. The maximum atomic E-state index is 12.9. The summed E-state index contributed by atoms with van der Waals surface area (Å²) in [6.45, 7) is 2.32. The fourth-order valence-electron chi connectivity index (χ4n) is 4.45. The third-order valence-corrected chi connectivity index (χ3v) is 6.46. The number of carbonyl (C=O) groups excluding carboxylic acids is 2. The van der Waals surface area contributed by atoms with Gasteiger partial charge in [0.15, 0.2) is 11.6 Å². The van der Waals surface area contributed by atoms with Crippen molar-refractivity contribution in [1.82, 2.24) is 4.90 Å². The summed E-state index contributed by atoms with van der Waals surface area (Å²) >= 11 is 0. The van der Waals surface area contributed by atoms with Gasteiger partial charge in [0, 0.05) is 45.2 Å². The van der Waals surface area contributed by atoms with Crippen molar-refractivity contribution in [3.63, 3.8) is 0 Å². The molecule has 0 amide bonds. The van der Waals surface area contributed by atoms with Crippen LogP contribution in [0.15, 0.2) is 48.5 Å². The molecular weight excluding hydrogens is 404 g/mol. The van der Waals surface area contributed by atoms with Crippen molar-refractivity contribution in [3.8, 4) is 5.75 Å². The molecule has 6 nitrogen and oxygen atoms in total. The second-order valence-corrected chi connectivity index (χ2v) is 8.64. The van der Waals surface area contributed by atoms with Crippen LogP contribution in [-0.2, 0) is 11.2 Å². The molecule has 0 bridgehead atoms. The summed E-state index contributed by atoms with van der Waals surface area (Å²) in [5.74, 6) is 0.351. The molecule has 1 saturated heterocycles. The Kier molecular flexibility index (Phi) is 6.72. The molecule has 2 aliphatic heterocycles. The number of carbonyl (C=O) groups is 2. The van der Waals surface area contributed by atoms with E-state index in [2.05, 4.69) is 34.5 Å². The van der Waals surface area contributed by atoms with Crippen LogP contribution in [0.2, 0.25) is 0 Å². The van der Waals surface area contributed by atoms with Crippen LogP contribution in [0.1, 0.15) is 40.7 Å². The SMILES string of the molecule is CNc1ccc(CCN2CCC3(CC2)CC(=O)c2cc(/C=C/C(=O)CO)ccc2O3)cc1. The lowest BCUT2D eigenvalue weighted by atomic mass is 9.82. The predicted molar refractivity (Wildman–Crippen MR) is 125 cm³/mol. The van der Waals surface area contributed by atoms with Gasteiger partial charge in [-0.1, -0.05) is 24.3 Å². The van der Waals surface area contributed by atoms with E-state index in [0.29, 0.717) is 17.7 Å². The van der Waals surface area contributed by atoms with Crippen molar-refractivity contribution in [3.05, 3.63) is 65.2 Å². The van der Waals surface area contributed by atoms with Gasteiger partial charge in [-0.3, -0.25) is 9.59 Å². The first-order valence-corrected chi connectivity index (χ1v) is 11.2. The van der Waals surface area contributed by atoms with E-state index < -0.39 is 12.2 Å². The Bertz CT molecular complexity index is 1000. The standard InChI is InChI=1S/C26H30N2O4/c1-27-21-6-2-19(3-7-21)10-13-28-14-11-26(12-15-28)17-24(31)23-16-20(4-8-22(30)18-29)5-9-25(23)32-26/h2-9,16,27,29H,10-15,17-18H2,1H3/b8-4+. The largest absolute Gasteiger partial charge is 0.486 e. The third kappa shape index (κ3) is 5.09. The molecule has 0 atom stereocenters.